The number of amides is 2. The van der Waals surface area contributed by atoms with E-state index in [0.717, 1.165) is 36.4 Å². The van der Waals surface area contributed by atoms with Gasteiger partial charge in [-0.1, -0.05) is 43.9 Å². The number of aromatic nitrogens is 6. The third-order valence-corrected chi connectivity index (χ3v) is 10.8. The summed E-state index contributed by atoms with van der Waals surface area (Å²) in [5.41, 5.74) is 0.103. The fourth-order valence-corrected chi connectivity index (χ4v) is 6.63. The Balaban J connectivity index is 1.30. The number of benzene rings is 1. The maximum Gasteiger partial charge on any atom is 0.281 e. The molecule has 0 spiro atoms. The zero-order valence-electron chi connectivity index (χ0n) is 28.0. The number of alkyl halides is 2. The number of fused-ring (bicyclic) bond motifs is 1. The summed E-state index contributed by atoms with van der Waals surface area (Å²) in [4.78, 5) is 47.3. The molecule has 1 aliphatic heterocycles. The van der Waals surface area contributed by atoms with Crippen LogP contribution in [0, 0.1) is 24.6 Å². The average Bonchev–Trinajstić information content (AvgIpc) is 3.58. The number of hydrogen-bond acceptors (Lipinski definition) is 8. The van der Waals surface area contributed by atoms with Crippen molar-refractivity contribution in [2.24, 2.45) is 11.8 Å². The van der Waals surface area contributed by atoms with Crippen molar-refractivity contribution < 1.29 is 27.5 Å². The van der Waals surface area contributed by atoms with Crippen LogP contribution in [-0.4, -0.2) is 69.5 Å². The molecule has 2 amide bonds. The van der Waals surface area contributed by atoms with Crippen LogP contribution in [0.15, 0.2) is 43.5 Å². The van der Waals surface area contributed by atoms with Crippen molar-refractivity contribution in [1.29, 1.82) is 0 Å². The molecular formula is C34H36ClF3N8O3Si. The van der Waals surface area contributed by atoms with Crippen molar-refractivity contribution in [2.75, 3.05) is 29.7 Å². The highest BCUT2D eigenvalue weighted by molar-refractivity contribution is 6.76. The van der Waals surface area contributed by atoms with Crippen LogP contribution < -0.4 is 9.80 Å². The second-order valence-corrected chi connectivity index (χ2v) is 19.7. The lowest BCUT2D eigenvalue weighted by molar-refractivity contribution is -0.118. The van der Waals surface area contributed by atoms with E-state index in [1.807, 2.05) is 6.92 Å². The van der Waals surface area contributed by atoms with Crippen molar-refractivity contribution in [3.8, 4) is 11.3 Å². The number of hydrogen-bond donors (Lipinski definition) is 0. The summed E-state index contributed by atoms with van der Waals surface area (Å²) in [7, 11) is -1.47. The summed E-state index contributed by atoms with van der Waals surface area (Å²) in [6, 6.07) is 2.89. The molecule has 0 unspecified atom stereocenters. The number of aryl methyl sites for hydroxylation is 1. The first-order valence-corrected chi connectivity index (χ1v) is 20.2. The molecule has 262 valence electrons. The highest BCUT2D eigenvalue weighted by Gasteiger charge is 2.53. The van der Waals surface area contributed by atoms with E-state index in [0.29, 0.717) is 36.4 Å². The van der Waals surface area contributed by atoms with Gasteiger partial charge in [0, 0.05) is 61.9 Å². The van der Waals surface area contributed by atoms with Gasteiger partial charge < -0.3 is 4.74 Å². The molecule has 2 fully saturated rings. The van der Waals surface area contributed by atoms with Crippen LogP contribution in [0.1, 0.15) is 45.8 Å². The van der Waals surface area contributed by atoms with Gasteiger partial charge in [0.05, 0.1) is 41.0 Å². The second kappa shape index (κ2) is 14.0. The quantitative estimate of drug-likeness (QED) is 0.0839. The van der Waals surface area contributed by atoms with Gasteiger partial charge in [-0.3, -0.25) is 29.1 Å². The normalized spacial score (nSPS) is 17.0. The van der Waals surface area contributed by atoms with Crippen LogP contribution in [-0.2, 0) is 16.1 Å². The van der Waals surface area contributed by atoms with E-state index in [1.54, 1.807) is 22.0 Å². The molecule has 2 atom stereocenters. The molecule has 1 saturated carbocycles. The first-order chi connectivity index (χ1) is 23.8. The monoisotopic (exact) mass is 724 g/mol. The molecular weight excluding hydrogens is 689 g/mol. The summed E-state index contributed by atoms with van der Waals surface area (Å²) < 4.78 is 50.7. The molecule has 6 rings (SSSR count). The summed E-state index contributed by atoms with van der Waals surface area (Å²) in [5, 5.41) is 4.07. The topological polar surface area (TPSA) is 119 Å². The van der Waals surface area contributed by atoms with Gasteiger partial charge in [-0.05, 0) is 37.4 Å². The Morgan fingerprint density at radius 2 is 1.98 bits per heavy atom. The number of anilines is 2. The van der Waals surface area contributed by atoms with E-state index < -0.39 is 37.4 Å². The third-order valence-electron chi connectivity index (χ3n) is 8.77. The van der Waals surface area contributed by atoms with Crippen molar-refractivity contribution in [3.05, 3.63) is 82.5 Å². The van der Waals surface area contributed by atoms with E-state index in [1.165, 1.54) is 17.2 Å². The van der Waals surface area contributed by atoms with Gasteiger partial charge >= 0.3 is 0 Å². The minimum Gasteiger partial charge on any atom is -0.361 e. The van der Waals surface area contributed by atoms with Crippen molar-refractivity contribution in [3.63, 3.8) is 0 Å². The van der Waals surface area contributed by atoms with Gasteiger partial charge in [-0.25, -0.2) is 28.1 Å². The number of nitrogens with zero attached hydrogens (tertiary/aromatic N) is 8. The molecule has 50 heavy (non-hydrogen) atoms. The average molecular weight is 725 g/mol. The fourth-order valence-electron chi connectivity index (χ4n) is 5.72. The maximum absolute atomic E-state index is 15.2. The van der Waals surface area contributed by atoms with Gasteiger partial charge in [0.2, 0.25) is 11.9 Å². The lowest BCUT2D eigenvalue weighted by Gasteiger charge is -2.23. The SMILES string of the molecule is C=Cc1ncc(-c2c(C(F)F)ccc(Cl)c2F)nc1C(=O)N(COCC[Si](C)(C)C)c1cnn(Cc2cnc(N3C[C@H]4C[C@H]4C3=O)nc2C)c1. The van der Waals surface area contributed by atoms with Gasteiger partial charge in [0.25, 0.3) is 12.3 Å². The number of carbonyl (C=O) groups excluding carboxylic acids is 2. The first-order valence-electron chi connectivity index (χ1n) is 16.1. The van der Waals surface area contributed by atoms with E-state index in [2.05, 4.69) is 51.3 Å². The fraction of sp³-hybridized carbons (Fsp3) is 0.382. The van der Waals surface area contributed by atoms with Crippen molar-refractivity contribution >= 4 is 49.2 Å². The van der Waals surface area contributed by atoms with Crippen LogP contribution >= 0.6 is 11.6 Å². The highest BCUT2D eigenvalue weighted by Crippen LogP contribution is 2.46. The van der Waals surface area contributed by atoms with E-state index in [4.69, 9.17) is 16.3 Å². The first kappa shape index (κ1) is 35.4. The van der Waals surface area contributed by atoms with E-state index in [-0.39, 0.29) is 47.2 Å². The van der Waals surface area contributed by atoms with Crippen LogP contribution in [0.3, 0.4) is 0 Å². The predicted octanol–water partition coefficient (Wildman–Crippen LogP) is 6.80. The molecule has 0 bridgehead atoms. The van der Waals surface area contributed by atoms with Crippen LogP contribution in [0.4, 0.5) is 24.8 Å². The highest BCUT2D eigenvalue weighted by atomic mass is 35.5. The van der Waals surface area contributed by atoms with Gasteiger partial charge in [0.15, 0.2) is 11.5 Å². The largest absolute Gasteiger partial charge is 0.361 e. The smallest absolute Gasteiger partial charge is 0.281 e. The Hall–Kier alpha value is -4.47. The Kier molecular flexibility index (Phi) is 9.92. The standard InChI is InChI=1S/C34H36ClF3N8O3Si/c1-6-26-30(43-27(14-39-26)28-23(31(37)38)7-8-25(35)29(28)36)33(48)46(18-49-9-10-50(3,4)5)22-13-41-44(17-22)15-21-12-40-34(42-19(21)2)45-16-20-11-24(20)32(45)47/h6-8,12-14,17,20,24,31H,1,9-11,15-16,18H2,2-5H3/t20-,24-/m1/s1. The Morgan fingerprint density at radius 1 is 1.20 bits per heavy atom. The molecule has 1 saturated heterocycles. The maximum atomic E-state index is 15.2. The molecule has 1 aromatic carbocycles. The number of piperidine rings is 1. The van der Waals surface area contributed by atoms with Crippen molar-refractivity contribution in [1.82, 2.24) is 29.7 Å². The molecule has 16 heteroatoms. The molecule has 2 aliphatic rings. The molecule has 1 aliphatic carbocycles. The molecule has 0 N–H and O–H groups in total. The molecule has 4 aromatic rings. The number of carbonyl (C=O) groups is 2. The van der Waals surface area contributed by atoms with Gasteiger partial charge in [-0.15, -0.1) is 0 Å². The lowest BCUT2D eigenvalue weighted by Crippen LogP contribution is -2.35. The second-order valence-electron chi connectivity index (χ2n) is 13.6. The number of ether oxygens (including phenoxy) is 1. The molecule has 4 heterocycles. The zero-order valence-corrected chi connectivity index (χ0v) is 29.8. The third kappa shape index (κ3) is 7.34. The minimum absolute atomic E-state index is 0.0564. The number of rotatable bonds is 13. The van der Waals surface area contributed by atoms with E-state index >= 15 is 4.39 Å². The molecule has 11 nitrogen and oxygen atoms in total. The number of halogens is 4. The van der Waals surface area contributed by atoms with Crippen LogP contribution in [0.5, 0.6) is 0 Å². The summed E-state index contributed by atoms with van der Waals surface area (Å²) in [6.07, 6.45) is 5.07. The molecule has 0 radical (unpaired) electrons. The van der Waals surface area contributed by atoms with Gasteiger partial charge in [-0.2, -0.15) is 5.10 Å². The Morgan fingerprint density at radius 3 is 2.64 bits per heavy atom. The van der Waals surface area contributed by atoms with Gasteiger partial charge in [0.1, 0.15) is 6.73 Å². The van der Waals surface area contributed by atoms with Crippen LogP contribution in [0.2, 0.25) is 30.7 Å². The van der Waals surface area contributed by atoms with Crippen LogP contribution in [0.25, 0.3) is 17.3 Å². The zero-order chi connectivity index (χ0) is 35.9. The summed E-state index contributed by atoms with van der Waals surface area (Å²) >= 11 is 5.95. The van der Waals surface area contributed by atoms with E-state index in [9.17, 15) is 18.4 Å². The van der Waals surface area contributed by atoms with Crippen molar-refractivity contribution in [2.45, 2.75) is 52.0 Å². The lowest BCUT2D eigenvalue weighted by atomic mass is 10.0. The minimum atomic E-state index is -3.04. The summed E-state index contributed by atoms with van der Waals surface area (Å²) in [5.74, 6) is -0.861. The Bertz CT molecular complexity index is 1970. The molecule has 3 aromatic heterocycles. The predicted molar refractivity (Wildman–Crippen MR) is 185 cm³/mol. The summed E-state index contributed by atoms with van der Waals surface area (Å²) in [6.45, 7) is 13.3. The Labute approximate surface area is 293 Å².